The maximum Gasteiger partial charge on any atom is 0.362 e. The van der Waals surface area contributed by atoms with Gasteiger partial charge in [0.25, 0.3) is 0 Å². The predicted molar refractivity (Wildman–Crippen MR) is 75.9 cm³/mol. The summed E-state index contributed by atoms with van der Waals surface area (Å²) in [6, 6.07) is 0. The van der Waals surface area contributed by atoms with E-state index in [0.717, 1.165) is 5.75 Å². The molecule has 0 radical (unpaired) electrons. The minimum atomic E-state index is -2.81. The van der Waals surface area contributed by atoms with Crippen molar-refractivity contribution in [2.75, 3.05) is 32.2 Å². The van der Waals surface area contributed by atoms with Crippen LogP contribution in [0.1, 0.15) is 27.7 Å². The maximum absolute atomic E-state index is 12.2. The molecule has 0 spiro atoms. The zero-order valence-electron chi connectivity index (χ0n) is 11.2. The second-order valence-electron chi connectivity index (χ2n) is 3.03. The first-order valence-electron chi connectivity index (χ1n) is 5.74. The third kappa shape index (κ3) is 7.00. The quantitative estimate of drug-likeness (QED) is 0.582. The van der Waals surface area contributed by atoms with Gasteiger partial charge in [0, 0.05) is 6.66 Å². The third-order valence-corrected chi connectivity index (χ3v) is 9.05. The van der Waals surface area contributed by atoms with Crippen LogP contribution in [0.2, 0.25) is 0 Å². The van der Waals surface area contributed by atoms with Crippen LogP contribution in [-0.2, 0) is 18.1 Å². The average molecular weight is 303 g/mol. The van der Waals surface area contributed by atoms with Gasteiger partial charge in [-0.25, -0.2) is 0 Å². The summed E-state index contributed by atoms with van der Waals surface area (Å²) in [5.74, 6) is 0.738. The van der Waals surface area contributed by atoms with E-state index < -0.39 is 14.2 Å². The molecule has 104 valence electrons. The molecule has 8 heteroatoms. The zero-order valence-corrected chi connectivity index (χ0v) is 13.8. The van der Waals surface area contributed by atoms with Gasteiger partial charge >= 0.3 is 7.74 Å². The topological polar surface area (TPSA) is 57.1 Å². The Hall–Kier alpha value is 0.690. The van der Waals surface area contributed by atoms with Gasteiger partial charge in [0.2, 0.25) is 6.49 Å². The third-order valence-electron chi connectivity index (χ3n) is 1.52. The molecule has 0 saturated carbocycles. The molecular formula is C9H23NO4P2S. The summed E-state index contributed by atoms with van der Waals surface area (Å²) in [6.07, 6.45) is 0. The molecule has 0 saturated heterocycles. The first-order chi connectivity index (χ1) is 7.95. The van der Waals surface area contributed by atoms with Crippen molar-refractivity contribution in [3.63, 3.8) is 0 Å². The van der Waals surface area contributed by atoms with Crippen molar-refractivity contribution in [1.29, 1.82) is 0 Å². The smallest absolute Gasteiger partial charge is 0.303 e. The summed E-state index contributed by atoms with van der Waals surface area (Å²) in [5, 5.41) is 0. The van der Waals surface area contributed by atoms with Crippen LogP contribution in [0, 0.1) is 0 Å². The summed E-state index contributed by atoms with van der Waals surface area (Å²) in [6.45, 7) is 7.68. The molecule has 0 bridgehead atoms. The highest BCUT2D eigenvalue weighted by molar-refractivity contribution is 8.57. The Morgan fingerprint density at radius 2 is 1.41 bits per heavy atom. The molecule has 1 unspecified atom stereocenters. The van der Waals surface area contributed by atoms with Crippen molar-refractivity contribution in [3.8, 4) is 0 Å². The summed E-state index contributed by atoms with van der Waals surface area (Å²) in [7, 11) is -2.81. The summed E-state index contributed by atoms with van der Waals surface area (Å²) >= 11 is 1.31. The molecule has 0 aliphatic carbocycles. The number of hydrogen-bond acceptors (Lipinski definition) is 5. The molecule has 0 aromatic rings. The predicted octanol–water partition coefficient (Wildman–Crippen LogP) is 4.62. The Bertz CT molecular complexity index is 288. The average Bonchev–Trinajstić information content (AvgIpc) is 2.17. The van der Waals surface area contributed by atoms with Gasteiger partial charge in [-0.15, -0.1) is 0 Å². The van der Waals surface area contributed by atoms with E-state index in [1.165, 1.54) is 11.4 Å². The molecule has 0 fully saturated rings. The monoisotopic (exact) mass is 303 g/mol. The van der Waals surface area contributed by atoms with E-state index in [4.69, 9.17) is 13.6 Å². The molecule has 5 nitrogen and oxygen atoms in total. The van der Waals surface area contributed by atoms with Crippen molar-refractivity contribution in [2.45, 2.75) is 27.7 Å². The van der Waals surface area contributed by atoms with Gasteiger partial charge in [0.05, 0.1) is 19.8 Å². The van der Waals surface area contributed by atoms with Gasteiger partial charge < -0.3 is 13.6 Å². The largest absolute Gasteiger partial charge is 0.362 e. The minimum Gasteiger partial charge on any atom is -0.303 e. The first kappa shape index (κ1) is 17.7. The molecule has 17 heavy (non-hydrogen) atoms. The van der Waals surface area contributed by atoms with Gasteiger partial charge in [0.1, 0.15) is 0 Å². The fraction of sp³-hybridized carbons (Fsp3) is 1.00. The Balaban J connectivity index is 5.22. The summed E-state index contributed by atoms with van der Waals surface area (Å²) in [4.78, 5) is 0. The lowest BCUT2D eigenvalue weighted by Crippen LogP contribution is -2.00. The van der Waals surface area contributed by atoms with Crippen LogP contribution in [0.5, 0.6) is 0 Å². The van der Waals surface area contributed by atoms with Gasteiger partial charge in [0.15, 0.2) is 0 Å². The van der Waals surface area contributed by atoms with Crippen LogP contribution >= 0.6 is 25.6 Å². The molecule has 0 aromatic heterocycles. The van der Waals surface area contributed by atoms with E-state index >= 15 is 0 Å². The molecule has 0 amide bonds. The van der Waals surface area contributed by atoms with Crippen molar-refractivity contribution in [1.82, 2.24) is 0 Å². The maximum atomic E-state index is 12.2. The Morgan fingerprint density at radius 1 is 1.00 bits per heavy atom. The van der Waals surface area contributed by atoms with Crippen molar-refractivity contribution < 1.29 is 18.1 Å². The van der Waals surface area contributed by atoms with Crippen molar-refractivity contribution in [2.24, 2.45) is 4.52 Å². The lowest BCUT2D eigenvalue weighted by atomic mass is 10.9. The fourth-order valence-corrected chi connectivity index (χ4v) is 7.95. The van der Waals surface area contributed by atoms with Gasteiger partial charge in [-0.1, -0.05) is 18.3 Å². The molecule has 0 heterocycles. The molecule has 0 aliphatic heterocycles. The minimum absolute atomic E-state index is 0.425. The van der Waals surface area contributed by atoms with Crippen LogP contribution in [0.4, 0.5) is 0 Å². The Kier molecular flexibility index (Phi) is 9.09. The highest BCUT2D eigenvalue weighted by atomic mass is 32.7. The Morgan fingerprint density at radius 3 is 1.71 bits per heavy atom. The van der Waals surface area contributed by atoms with Crippen molar-refractivity contribution >= 4 is 25.6 Å². The van der Waals surface area contributed by atoms with E-state index in [1.54, 1.807) is 6.66 Å². The molecule has 0 aromatic carbocycles. The second-order valence-corrected chi connectivity index (χ2v) is 10.7. The van der Waals surface area contributed by atoms with Crippen LogP contribution in [-0.4, -0.2) is 32.2 Å². The SMILES string of the molecule is CCOP(=NP(C)(=O)SCC)(OCC)OCC. The van der Waals surface area contributed by atoms with Crippen LogP contribution in [0.15, 0.2) is 4.52 Å². The number of nitrogens with zero attached hydrogens (tertiary/aromatic N) is 1. The van der Waals surface area contributed by atoms with Gasteiger partial charge in [-0.05, 0) is 26.5 Å². The highest BCUT2D eigenvalue weighted by Gasteiger charge is 2.28. The number of rotatable bonds is 9. The standard InChI is InChI=1S/C9H23NO4P2S/c1-6-12-16(13-7-2,14-8-3)10-15(5,11)17-9-4/h6-9H2,1-5H3. The van der Waals surface area contributed by atoms with Crippen LogP contribution in [0.25, 0.3) is 0 Å². The van der Waals surface area contributed by atoms with Gasteiger partial charge in [-0.3, -0.25) is 4.57 Å². The Labute approximate surface area is 108 Å². The molecule has 1 atom stereocenters. The van der Waals surface area contributed by atoms with E-state index in [2.05, 4.69) is 4.52 Å². The summed E-state index contributed by atoms with van der Waals surface area (Å²) < 4.78 is 33.0. The zero-order chi connectivity index (χ0) is 13.4. The highest BCUT2D eigenvalue weighted by Crippen LogP contribution is 2.67. The number of hydrogen-bond donors (Lipinski definition) is 0. The summed E-state index contributed by atoms with van der Waals surface area (Å²) in [5.41, 5.74) is 0. The van der Waals surface area contributed by atoms with Crippen molar-refractivity contribution in [3.05, 3.63) is 0 Å². The van der Waals surface area contributed by atoms with E-state index in [9.17, 15) is 4.57 Å². The molecular weight excluding hydrogens is 280 g/mol. The fourth-order valence-electron chi connectivity index (χ4n) is 1.14. The second kappa shape index (κ2) is 8.73. The normalized spacial score (nSPS) is 15.6. The molecule has 0 N–H and O–H groups in total. The lowest BCUT2D eigenvalue weighted by molar-refractivity contribution is 0.164. The van der Waals surface area contributed by atoms with Crippen LogP contribution in [0.3, 0.4) is 0 Å². The molecule has 0 rings (SSSR count). The van der Waals surface area contributed by atoms with E-state index in [-0.39, 0.29) is 0 Å². The molecule has 0 aliphatic rings. The lowest BCUT2D eigenvalue weighted by Gasteiger charge is -2.23. The van der Waals surface area contributed by atoms with Gasteiger partial charge in [-0.2, -0.15) is 4.52 Å². The van der Waals surface area contributed by atoms with E-state index in [1.807, 2.05) is 27.7 Å². The van der Waals surface area contributed by atoms with E-state index in [0.29, 0.717) is 19.8 Å². The first-order valence-corrected chi connectivity index (χ1v) is 10.9. The van der Waals surface area contributed by atoms with Crippen LogP contribution < -0.4 is 0 Å².